The monoisotopic (exact) mass is 386 g/mol. The largest absolute Gasteiger partial charge is 0.489 e. The van der Waals surface area contributed by atoms with Crippen LogP contribution in [0.5, 0.6) is 5.75 Å². The zero-order chi connectivity index (χ0) is 14.0. The molecule has 2 rings (SSSR count). The molecule has 0 aliphatic rings. The minimum absolute atomic E-state index is 0.274. The Morgan fingerprint density at radius 1 is 1.05 bits per heavy atom. The van der Waals surface area contributed by atoms with Crippen molar-refractivity contribution in [1.29, 1.82) is 0 Å². The van der Waals surface area contributed by atoms with E-state index in [4.69, 9.17) is 4.74 Å². The van der Waals surface area contributed by atoms with E-state index in [2.05, 4.69) is 31.9 Å². The summed E-state index contributed by atoms with van der Waals surface area (Å²) in [6, 6.07) is 8.86. The van der Waals surface area contributed by atoms with Crippen LogP contribution in [0.2, 0.25) is 0 Å². The van der Waals surface area contributed by atoms with Crippen molar-refractivity contribution in [3.8, 4) is 5.75 Å². The van der Waals surface area contributed by atoms with Gasteiger partial charge < -0.3 is 4.74 Å². The molecule has 0 bridgehead atoms. The van der Waals surface area contributed by atoms with E-state index in [0.717, 1.165) is 26.9 Å². The minimum Gasteiger partial charge on any atom is -0.489 e. The Bertz CT molecular complexity index is 588. The Morgan fingerprint density at radius 3 is 2.32 bits per heavy atom. The summed E-state index contributed by atoms with van der Waals surface area (Å²) in [5.41, 5.74) is 3.03. The summed E-state index contributed by atoms with van der Waals surface area (Å²) in [6.07, 6.45) is 0. The second-order valence-corrected chi connectivity index (χ2v) is 5.96. The van der Waals surface area contributed by atoms with Gasteiger partial charge in [-0.25, -0.2) is 4.39 Å². The van der Waals surface area contributed by atoms with Gasteiger partial charge in [0, 0.05) is 10.0 Å². The summed E-state index contributed by atoms with van der Waals surface area (Å²) in [5, 5.41) is 0. The smallest absolute Gasteiger partial charge is 0.137 e. The third-order valence-corrected chi connectivity index (χ3v) is 4.97. The second kappa shape index (κ2) is 6.06. The number of benzene rings is 2. The van der Waals surface area contributed by atoms with Gasteiger partial charge >= 0.3 is 0 Å². The molecule has 0 saturated carbocycles. The lowest BCUT2D eigenvalue weighted by molar-refractivity contribution is 0.304. The number of hydrogen-bond acceptors (Lipinski definition) is 1. The van der Waals surface area contributed by atoms with E-state index in [-0.39, 0.29) is 5.82 Å². The van der Waals surface area contributed by atoms with Crippen LogP contribution in [0.4, 0.5) is 4.39 Å². The van der Waals surface area contributed by atoms with Gasteiger partial charge in [-0.2, -0.15) is 0 Å². The number of aryl methyl sites for hydroxylation is 2. The van der Waals surface area contributed by atoms with Crippen LogP contribution >= 0.6 is 31.9 Å². The number of halogens is 3. The highest BCUT2D eigenvalue weighted by atomic mass is 79.9. The average Bonchev–Trinajstić information content (AvgIpc) is 2.37. The highest BCUT2D eigenvalue weighted by molar-refractivity contribution is 9.10. The van der Waals surface area contributed by atoms with Gasteiger partial charge in [0.1, 0.15) is 18.2 Å². The lowest BCUT2D eigenvalue weighted by Crippen LogP contribution is -1.98. The molecule has 100 valence electrons. The van der Waals surface area contributed by atoms with Gasteiger partial charge in [0.2, 0.25) is 0 Å². The molecule has 1 nitrogen and oxygen atoms in total. The van der Waals surface area contributed by atoms with Crippen LogP contribution in [-0.2, 0) is 6.61 Å². The van der Waals surface area contributed by atoms with Crippen molar-refractivity contribution in [1.82, 2.24) is 0 Å². The molecule has 0 radical (unpaired) electrons. The van der Waals surface area contributed by atoms with Crippen molar-refractivity contribution in [2.24, 2.45) is 0 Å². The third kappa shape index (κ3) is 3.37. The molecule has 0 unspecified atom stereocenters. The lowest BCUT2D eigenvalue weighted by atomic mass is 10.1. The Kier molecular flexibility index (Phi) is 4.63. The maximum atomic E-state index is 13.4. The zero-order valence-electron chi connectivity index (χ0n) is 10.6. The molecular formula is C15H13Br2FO. The van der Waals surface area contributed by atoms with Gasteiger partial charge in [-0.1, -0.05) is 28.1 Å². The third-order valence-electron chi connectivity index (χ3n) is 2.84. The predicted octanol–water partition coefficient (Wildman–Crippen LogP) is 5.55. The molecule has 0 amide bonds. The van der Waals surface area contributed by atoms with Crippen molar-refractivity contribution in [2.75, 3.05) is 0 Å². The Morgan fingerprint density at radius 2 is 1.68 bits per heavy atom. The van der Waals surface area contributed by atoms with E-state index in [1.807, 2.05) is 32.0 Å². The number of rotatable bonds is 3. The van der Waals surface area contributed by atoms with Gasteiger partial charge in [0.05, 0.1) is 4.47 Å². The summed E-state index contributed by atoms with van der Waals surface area (Å²) in [4.78, 5) is 0. The summed E-state index contributed by atoms with van der Waals surface area (Å²) in [5.74, 6) is 0.513. The Labute approximate surface area is 129 Å². The summed E-state index contributed by atoms with van der Waals surface area (Å²) >= 11 is 6.75. The van der Waals surface area contributed by atoms with Crippen LogP contribution in [0.15, 0.2) is 39.3 Å². The first-order chi connectivity index (χ1) is 8.99. The fourth-order valence-electron chi connectivity index (χ4n) is 1.81. The van der Waals surface area contributed by atoms with Crippen molar-refractivity contribution in [2.45, 2.75) is 20.5 Å². The van der Waals surface area contributed by atoms with Crippen molar-refractivity contribution < 1.29 is 9.13 Å². The van der Waals surface area contributed by atoms with Gasteiger partial charge in [0.25, 0.3) is 0 Å². The molecule has 0 aliphatic carbocycles. The molecule has 2 aromatic rings. The Hall–Kier alpha value is -0.870. The predicted molar refractivity (Wildman–Crippen MR) is 82.0 cm³/mol. The fourth-order valence-corrected chi connectivity index (χ4v) is 2.42. The first-order valence-corrected chi connectivity index (χ1v) is 7.40. The van der Waals surface area contributed by atoms with Crippen molar-refractivity contribution >= 4 is 31.9 Å². The van der Waals surface area contributed by atoms with E-state index in [1.54, 1.807) is 6.07 Å². The van der Waals surface area contributed by atoms with Crippen LogP contribution in [0.25, 0.3) is 0 Å². The summed E-state index contributed by atoms with van der Waals surface area (Å²) in [6.45, 7) is 4.36. The van der Waals surface area contributed by atoms with Crippen LogP contribution in [-0.4, -0.2) is 0 Å². The minimum atomic E-state index is -0.274. The SMILES string of the molecule is Cc1cc(OCc2cccc(F)c2Br)cc(C)c1Br. The first kappa shape index (κ1) is 14.5. The molecule has 0 heterocycles. The molecule has 0 aliphatic heterocycles. The molecule has 19 heavy (non-hydrogen) atoms. The second-order valence-electron chi connectivity index (χ2n) is 4.37. The highest BCUT2D eigenvalue weighted by Crippen LogP contribution is 2.28. The maximum Gasteiger partial charge on any atom is 0.137 e. The normalized spacial score (nSPS) is 10.6. The topological polar surface area (TPSA) is 9.23 Å². The molecule has 0 saturated heterocycles. The Balaban J connectivity index is 2.17. The van der Waals surface area contributed by atoms with Gasteiger partial charge in [0.15, 0.2) is 0 Å². The summed E-state index contributed by atoms with van der Waals surface area (Å²) < 4.78 is 20.7. The highest BCUT2D eigenvalue weighted by Gasteiger charge is 2.07. The molecule has 0 spiro atoms. The maximum absolute atomic E-state index is 13.4. The molecule has 0 fully saturated rings. The standard InChI is InChI=1S/C15H13Br2FO/c1-9-6-12(7-10(2)14(9)16)19-8-11-4-3-5-13(18)15(11)17/h3-7H,8H2,1-2H3. The van der Waals surface area contributed by atoms with Crippen LogP contribution in [0, 0.1) is 19.7 Å². The van der Waals surface area contributed by atoms with E-state index in [1.165, 1.54) is 6.07 Å². The fraction of sp³-hybridized carbons (Fsp3) is 0.200. The molecule has 0 aromatic heterocycles. The number of hydrogen-bond donors (Lipinski definition) is 0. The van der Waals surface area contributed by atoms with E-state index in [9.17, 15) is 4.39 Å². The molecular weight excluding hydrogens is 375 g/mol. The molecule has 2 aromatic carbocycles. The lowest BCUT2D eigenvalue weighted by Gasteiger charge is -2.11. The molecule has 4 heteroatoms. The van der Waals surface area contributed by atoms with E-state index < -0.39 is 0 Å². The van der Waals surface area contributed by atoms with Gasteiger partial charge in [-0.15, -0.1) is 0 Å². The van der Waals surface area contributed by atoms with E-state index >= 15 is 0 Å². The average molecular weight is 388 g/mol. The van der Waals surface area contributed by atoms with Crippen LogP contribution in [0.3, 0.4) is 0 Å². The van der Waals surface area contributed by atoms with Crippen molar-refractivity contribution in [3.63, 3.8) is 0 Å². The zero-order valence-corrected chi connectivity index (χ0v) is 13.8. The van der Waals surface area contributed by atoms with Crippen molar-refractivity contribution in [3.05, 3.63) is 61.8 Å². The molecule has 0 atom stereocenters. The van der Waals surface area contributed by atoms with Crippen LogP contribution in [0.1, 0.15) is 16.7 Å². The van der Waals surface area contributed by atoms with Gasteiger partial charge in [-0.3, -0.25) is 0 Å². The summed E-state index contributed by atoms with van der Waals surface area (Å²) in [7, 11) is 0. The van der Waals surface area contributed by atoms with E-state index in [0.29, 0.717) is 11.1 Å². The molecule has 0 N–H and O–H groups in total. The quantitative estimate of drug-likeness (QED) is 0.671. The number of ether oxygens (including phenoxy) is 1. The van der Waals surface area contributed by atoms with Gasteiger partial charge in [-0.05, 0) is 59.1 Å². The van der Waals surface area contributed by atoms with Crippen LogP contribution < -0.4 is 4.74 Å². The first-order valence-electron chi connectivity index (χ1n) is 5.81.